The highest BCUT2D eigenvalue weighted by Gasteiger charge is 2.66. The molecule has 4 saturated carbocycles. The number of aliphatic hydroxyl groups is 1. The molecule has 0 amide bonds. The first kappa shape index (κ1) is 39.6. The number of aryl methyl sites for hydroxylation is 1. The number of aldehydes is 1. The van der Waals surface area contributed by atoms with E-state index >= 15 is 0 Å². The summed E-state index contributed by atoms with van der Waals surface area (Å²) in [7, 11) is 1.00. The second kappa shape index (κ2) is 15.0. The monoisotopic (exact) mass is 703 g/mol. The number of allylic oxidation sites excluding steroid dienone is 2. The molecule has 9 unspecified atom stereocenters. The predicted octanol–water partition coefficient (Wildman–Crippen LogP) is 7.99. The summed E-state index contributed by atoms with van der Waals surface area (Å²) in [5, 5.41) is 10.4. The summed E-state index contributed by atoms with van der Waals surface area (Å²) in [4.78, 5) is 52.5. The van der Waals surface area contributed by atoms with Crippen LogP contribution in [-0.2, 0) is 30.5 Å². The maximum absolute atomic E-state index is 14.4. The van der Waals surface area contributed by atoms with Crippen LogP contribution in [0.5, 0.6) is 0 Å². The van der Waals surface area contributed by atoms with E-state index in [0.717, 1.165) is 70.3 Å². The topological polar surface area (TPSA) is 110 Å². The van der Waals surface area contributed by atoms with E-state index in [2.05, 4.69) is 71.1 Å². The van der Waals surface area contributed by atoms with Crippen molar-refractivity contribution in [3.63, 3.8) is 0 Å². The standard InChI is InChI=1S/C43H61NO5.CH4O/c1-26(2)38-33(46)21-43(36(47)24-44-23-29-11-9-27(3)10-12-29)20-16-32-30(39(38)43)13-14-35-41(7)19-17-34(49-37(48)22-40(5,6)25-45)28(4)31(41)15-18-42(32,35)8;1-2/h9-12,25-26,28,30-32,34-35,44H,13-24H2,1-8H3;2H,1H3. The van der Waals surface area contributed by atoms with Gasteiger partial charge in [-0.3, -0.25) is 14.4 Å². The summed E-state index contributed by atoms with van der Waals surface area (Å²) < 4.78 is 6.09. The number of rotatable bonds is 10. The second-order valence-electron chi connectivity index (χ2n) is 18.4. The number of ketones is 2. The van der Waals surface area contributed by atoms with Crippen LogP contribution in [0.4, 0.5) is 0 Å². The highest BCUT2D eigenvalue weighted by atomic mass is 16.5. The van der Waals surface area contributed by atoms with Gasteiger partial charge in [-0.15, -0.1) is 0 Å². The van der Waals surface area contributed by atoms with Crippen molar-refractivity contribution < 1.29 is 29.0 Å². The molecule has 9 atom stereocenters. The van der Waals surface area contributed by atoms with Crippen LogP contribution >= 0.6 is 0 Å². The molecular weight excluding hydrogens is 638 g/mol. The molecule has 0 saturated heterocycles. The molecule has 6 rings (SSSR count). The molecule has 0 aromatic heterocycles. The van der Waals surface area contributed by atoms with Gasteiger partial charge in [0.15, 0.2) is 11.6 Å². The van der Waals surface area contributed by atoms with Crippen molar-refractivity contribution in [1.82, 2.24) is 5.32 Å². The Morgan fingerprint density at radius 1 is 0.980 bits per heavy atom. The summed E-state index contributed by atoms with van der Waals surface area (Å²) >= 11 is 0. The van der Waals surface area contributed by atoms with E-state index in [4.69, 9.17) is 9.84 Å². The number of fused-ring (bicyclic) bond motifs is 7. The molecule has 1 aromatic carbocycles. The molecule has 0 heterocycles. The zero-order chi connectivity index (χ0) is 37.5. The fourth-order valence-electron chi connectivity index (χ4n) is 12.2. The van der Waals surface area contributed by atoms with Crippen molar-refractivity contribution >= 4 is 23.8 Å². The molecule has 2 N–H and O–H groups in total. The first-order valence-electron chi connectivity index (χ1n) is 19.7. The lowest BCUT2D eigenvalue weighted by atomic mass is 9.38. The van der Waals surface area contributed by atoms with Gasteiger partial charge in [-0.2, -0.15) is 0 Å². The number of hydrogen-bond donors (Lipinski definition) is 2. The lowest BCUT2D eigenvalue weighted by molar-refractivity contribution is -0.191. The number of aliphatic hydroxyl groups excluding tert-OH is 1. The molecule has 5 aliphatic carbocycles. The number of benzene rings is 1. The molecule has 1 aromatic rings. The largest absolute Gasteiger partial charge is 0.462 e. The van der Waals surface area contributed by atoms with E-state index in [-0.39, 0.29) is 58.6 Å². The summed E-state index contributed by atoms with van der Waals surface area (Å²) in [6.07, 6.45) is 9.35. The van der Waals surface area contributed by atoms with Gasteiger partial charge in [0, 0.05) is 25.5 Å². The molecule has 282 valence electrons. The van der Waals surface area contributed by atoms with Gasteiger partial charge < -0.3 is 20.0 Å². The normalized spacial score (nSPS) is 35.9. The molecule has 0 aliphatic heterocycles. The highest BCUT2D eigenvalue weighted by Crippen LogP contribution is 2.71. The molecule has 0 spiro atoms. The lowest BCUT2D eigenvalue weighted by Crippen LogP contribution is -2.61. The minimum atomic E-state index is -0.705. The molecule has 7 nitrogen and oxygen atoms in total. The Morgan fingerprint density at radius 2 is 1.61 bits per heavy atom. The maximum atomic E-state index is 14.4. The molecular formula is C44H65NO6. The number of Topliss-reactive ketones (excluding diaryl/α,β-unsaturated/α-hetero) is 2. The quantitative estimate of drug-likeness (QED) is 0.188. The van der Waals surface area contributed by atoms with E-state index in [0.29, 0.717) is 37.3 Å². The van der Waals surface area contributed by atoms with Crippen LogP contribution < -0.4 is 5.32 Å². The zero-order valence-corrected chi connectivity index (χ0v) is 32.9. The van der Waals surface area contributed by atoms with Gasteiger partial charge in [-0.1, -0.05) is 78.3 Å². The molecule has 5 aliphatic rings. The van der Waals surface area contributed by atoms with E-state index in [1.54, 1.807) is 13.8 Å². The Labute approximate surface area is 307 Å². The van der Waals surface area contributed by atoms with E-state index < -0.39 is 10.8 Å². The zero-order valence-electron chi connectivity index (χ0n) is 32.9. The van der Waals surface area contributed by atoms with Crippen LogP contribution in [0, 0.1) is 64.1 Å². The number of esters is 1. The Balaban J connectivity index is 0.00000248. The first-order valence-corrected chi connectivity index (χ1v) is 19.7. The number of nitrogens with one attached hydrogen (secondary N) is 1. The predicted molar refractivity (Wildman–Crippen MR) is 201 cm³/mol. The minimum absolute atomic E-state index is 0.0992. The van der Waals surface area contributed by atoms with Crippen molar-refractivity contribution in [3.05, 3.63) is 46.5 Å². The maximum Gasteiger partial charge on any atom is 0.307 e. The Hall–Kier alpha value is -2.64. The van der Waals surface area contributed by atoms with Crippen LogP contribution in [-0.4, -0.2) is 48.7 Å². The van der Waals surface area contributed by atoms with Crippen molar-refractivity contribution in [3.8, 4) is 0 Å². The minimum Gasteiger partial charge on any atom is -0.462 e. The van der Waals surface area contributed by atoms with E-state index in [1.807, 2.05) is 0 Å². The van der Waals surface area contributed by atoms with Gasteiger partial charge in [0.1, 0.15) is 12.4 Å². The number of carbonyl (C=O) groups is 4. The molecule has 7 heteroatoms. The van der Waals surface area contributed by atoms with Crippen LogP contribution in [0.15, 0.2) is 35.4 Å². The van der Waals surface area contributed by atoms with Crippen molar-refractivity contribution in [2.75, 3.05) is 13.7 Å². The fourth-order valence-corrected chi connectivity index (χ4v) is 12.2. The Morgan fingerprint density at radius 3 is 2.25 bits per heavy atom. The van der Waals surface area contributed by atoms with Crippen LogP contribution in [0.25, 0.3) is 0 Å². The second-order valence-corrected chi connectivity index (χ2v) is 18.4. The summed E-state index contributed by atoms with van der Waals surface area (Å²) in [6, 6.07) is 8.44. The van der Waals surface area contributed by atoms with Crippen molar-refractivity contribution in [2.45, 2.75) is 132 Å². The van der Waals surface area contributed by atoms with Gasteiger partial charge in [-0.25, -0.2) is 0 Å². The molecule has 4 fully saturated rings. The number of carbonyl (C=O) groups excluding carboxylic acids is 4. The lowest BCUT2D eigenvalue weighted by Gasteiger charge is -2.67. The van der Waals surface area contributed by atoms with Crippen LogP contribution in [0.2, 0.25) is 0 Å². The highest BCUT2D eigenvalue weighted by molar-refractivity contribution is 6.07. The molecule has 0 radical (unpaired) electrons. The Bertz CT molecular complexity index is 1510. The van der Waals surface area contributed by atoms with Crippen LogP contribution in [0.3, 0.4) is 0 Å². The molecule has 51 heavy (non-hydrogen) atoms. The molecule has 0 bridgehead atoms. The van der Waals surface area contributed by atoms with Crippen LogP contribution in [0.1, 0.15) is 124 Å². The number of ether oxygens (including phenoxy) is 1. The fraction of sp³-hybridized carbons (Fsp3) is 0.727. The smallest absolute Gasteiger partial charge is 0.307 e. The third-order valence-electron chi connectivity index (χ3n) is 14.6. The SMILES string of the molecule is CO.Cc1ccc(CNCC(=O)C23CCC4C(CCC5C4(C)CCC4C(C)C(OC(=O)CC(C)(C)C=O)CCC45C)C2=C(C(C)C)C(=O)C3)cc1. The van der Waals surface area contributed by atoms with Gasteiger partial charge in [-0.05, 0) is 121 Å². The third kappa shape index (κ3) is 7.07. The van der Waals surface area contributed by atoms with E-state index in [1.165, 1.54) is 16.7 Å². The number of hydrogen-bond acceptors (Lipinski definition) is 7. The summed E-state index contributed by atoms with van der Waals surface area (Å²) in [5.41, 5.74) is 3.54. The average molecular weight is 704 g/mol. The Kier molecular flexibility index (Phi) is 11.6. The summed E-state index contributed by atoms with van der Waals surface area (Å²) in [6.45, 7) is 18.3. The average Bonchev–Trinajstić information content (AvgIpc) is 3.41. The van der Waals surface area contributed by atoms with Gasteiger partial charge in [0.25, 0.3) is 0 Å². The van der Waals surface area contributed by atoms with Gasteiger partial charge in [0.05, 0.1) is 18.4 Å². The van der Waals surface area contributed by atoms with Gasteiger partial charge >= 0.3 is 5.97 Å². The summed E-state index contributed by atoms with van der Waals surface area (Å²) in [5.74, 6) is 2.35. The van der Waals surface area contributed by atoms with E-state index in [9.17, 15) is 19.2 Å². The first-order chi connectivity index (χ1) is 24.1. The third-order valence-corrected chi connectivity index (χ3v) is 14.6. The van der Waals surface area contributed by atoms with Crippen molar-refractivity contribution in [2.24, 2.45) is 57.2 Å². The van der Waals surface area contributed by atoms with Crippen molar-refractivity contribution in [1.29, 1.82) is 0 Å². The van der Waals surface area contributed by atoms with Gasteiger partial charge in [0.2, 0.25) is 0 Å².